The molecule has 0 fully saturated rings. The van der Waals surface area contributed by atoms with Gasteiger partial charge in [-0.2, -0.15) is 0 Å². The fourth-order valence-electron chi connectivity index (χ4n) is 3.62. The molecular weight excluding hydrogens is 448 g/mol. The average Bonchev–Trinajstić information content (AvgIpc) is 2.97. The van der Waals surface area contributed by atoms with E-state index in [0.717, 1.165) is 33.6 Å². The first kappa shape index (κ1) is 23.3. The second-order valence-corrected chi connectivity index (χ2v) is 8.12. The fourth-order valence-corrected chi connectivity index (χ4v) is 3.62. The van der Waals surface area contributed by atoms with Gasteiger partial charge in [0.15, 0.2) is 0 Å². The molecule has 0 N–H and O–H groups in total. The van der Waals surface area contributed by atoms with Gasteiger partial charge in [0.05, 0.1) is 11.1 Å². The van der Waals surface area contributed by atoms with Gasteiger partial charge in [0.25, 0.3) is 0 Å². The lowest BCUT2D eigenvalue weighted by molar-refractivity contribution is 0.481. The van der Waals surface area contributed by atoms with Gasteiger partial charge in [-0.15, -0.1) is 0 Å². The van der Waals surface area contributed by atoms with Crippen LogP contribution >= 0.6 is 0 Å². The van der Waals surface area contributed by atoms with Crippen LogP contribution in [0.4, 0.5) is 0 Å². The van der Waals surface area contributed by atoms with Gasteiger partial charge in [0.1, 0.15) is 11.5 Å². The molecule has 0 bridgehead atoms. The van der Waals surface area contributed by atoms with Gasteiger partial charge in [-0.25, -0.2) is 0 Å². The van der Waals surface area contributed by atoms with E-state index in [1.165, 1.54) is 0 Å². The van der Waals surface area contributed by atoms with Crippen molar-refractivity contribution in [3.8, 4) is 47.0 Å². The van der Waals surface area contributed by atoms with Crippen molar-refractivity contribution in [2.24, 2.45) is 0 Å². The molecule has 0 saturated heterocycles. The fraction of sp³-hybridized carbons (Fsp3) is 0. The van der Waals surface area contributed by atoms with Crippen molar-refractivity contribution >= 4 is 0 Å². The SMILES string of the molecule is C(#Cc1ccc(Oc2ccccc2)c(C#Cc2ccccc2)c1C#Cc1ccccc1)c1ccccc1. The van der Waals surface area contributed by atoms with Crippen LogP contribution in [0, 0.1) is 35.5 Å². The highest BCUT2D eigenvalue weighted by Gasteiger charge is 2.12. The van der Waals surface area contributed by atoms with E-state index in [0.29, 0.717) is 11.3 Å². The molecule has 0 aliphatic heterocycles. The maximum absolute atomic E-state index is 6.29. The molecule has 0 aliphatic carbocycles. The van der Waals surface area contributed by atoms with E-state index in [1.807, 2.05) is 133 Å². The summed E-state index contributed by atoms with van der Waals surface area (Å²) >= 11 is 0. The van der Waals surface area contributed by atoms with Crippen molar-refractivity contribution in [3.63, 3.8) is 0 Å². The Kier molecular flexibility index (Phi) is 7.45. The molecule has 0 radical (unpaired) electrons. The highest BCUT2D eigenvalue weighted by Crippen LogP contribution is 2.29. The molecule has 37 heavy (non-hydrogen) atoms. The van der Waals surface area contributed by atoms with Gasteiger partial charge in [-0.3, -0.25) is 0 Å². The molecule has 0 spiro atoms. The molecule has 0 unspecified atom stereocenters. The van der Waals surface area contributed by atoms with Gasteiger partial charge in [0.2, 0.25) is 0 Å². The van der Waals surface area contributed by atoms with Crippen molar-refractivity contribution in [3.05, 3.63) is 167 Å². The smallest absolute Gasteiger partial charge is 0.144 e. The van der Waals surface area contributed by atoms with E-state index in [2.05, 4.69) is 35.5 Å². The van der Waals surface area contributed by atoms with E-state index in [9.17, 15) is 0 Å². The minimum absolute atomic E-state index is 0.636. The zero-order chi connectivity index (χ0) is 25.1. The van der Waals surface area contributed by atoms with Gasteiger partial charge >= 0.3 is 0 Å². The molecule has 5 rings (SSSR count). The van der Waals surface area contributed by atoms with Crippen LogP contribution in [-0.4, -0.2) is 0 Å². The Morgan fingerprint density at radius 1 is 0.351 bits per heavy atom. The Balaban J connectivity index is 1.69. The Bertz CT molecular complexity index is 1670. The van der Waals surface area contributed by atoms with Crippen LogP contribution < -0.4 is 4.74 Å². The van der Waals surface area contributed by atoms with Crippen molar-refractivity contribution in [2.45, 2.75) is 0 Å². The van der Waals surface area contributed by atoms with Crippen LogP contribution in [-0.2, 0) is 0 Å². The molecule has 5 aromatic carbocycles. The Labute approximate surface area is 218 Å². The zero-order valence-corrected chi connectivity index (χ0v) is 20.1. The quantitative estimate of drug-likeness (QED) is 0.241. The predicted molar refractivity (Wildman–Crippen MR) is 150 cm³/mol. The second-order valence-electron chi connectivity index (χ2n) is 8.12. The highest BCUT2D eigenvalue weighted by molar-refractivity contribution is 5.67. The predicted octanol–water partition coefficient (Wildman–Crippen LogP) is 7.68. The lowest BCUT2D eigenvalue weighted by Crippen LogP contribution is -1.96. The first-order valence-electron chi connectivity index (χ1n) is 12.0. The molecule has 1 heteroatoms. The van der Waals surface area contributed by atoms with Crippen LogP contribution in [0.25, 0.3) is 0 Å². The molecule has 5 aromatic rings. The largest absolute Gasteiger partial charge is 0.456 e. The Hall–Kier alpha value is -5.42. The Morgan fingerprint density at radius 3 is 1.30 bits per heavy atom. The van der Waals surface area contributed by atoms with E-state index in [4.69, 9.17) is 4.74 Å². The normalized spacial score (nSPS) is 9.51. The van der Waals surface area contributed by atoms with Gasteiger partial charge in [0, 0.05) is 22.3 Å². The summed E-state index contributed by atoms with van der Waals surface area (Å²) < 4.78 is 6.29. The van der Waals surface area contributed by atoms with Crippen molar-refractivity contribution in [2.75, 3.05) is 0 Å². The third-order valence-electron chi connectivity index (χ3n) is 5.46. The molecule has 0 amide bonds. The lowest BCUT2D eigenvalue weighted by Gasteiger charge is -2.11. The average molecular weight is 471 g/mol. The van der Waals surface area contributed by atoms with Crippen molar-refractivity contribution < 1.29 is 4.74 Å². The maximum atomic E-state index is 6.29. The van der Waals surface area contributed by atoms with Crippen LogP contribution in [0.2, 0.25) is 0 Å². The number of ether oxygens (including phenoxy) is 1. The van der Waals surface area contributed by atoms with E-state index < -0.39 is 0 Å². The van der Waals surface area contributed by atoms with Crippen LogP contribution in [0.15, 0.2) is 133 Å². The summed E-state index contributed by atoms with van der Waals surface area (Å²) in [4.78, 5) is 0. The van der Waals surface area contributed by atoms with E-state index in [1.54, 1.807) is 0 Å². The minimum Gasteiger partial charge on any atom is -0.456 e. The zero-order valence-electron chi connectivity index (χ0n) is 20.1. The molecule has 0 aromatic heterocycles. The molecule has 0 heterocycles. The third kappa shape index (κ3) is 6.38. The lowest BCUT2D eigenvalue weighted by atomic mass is 9.99. The summed E-state index contributed by atoms with van der Waals surface area (Å²) in [5, 5.41) is 0. The Morgan fingerprint density at radius 2 is 0.784 bits per heavy atom. The molecule has 0 saturated carbocycles. The minimum atomic E-state index is 0.636. The van der Waals surface area contributed by atoms with Crippen molar-refractivity contribution in [1.29, 1.82) is 0 Å². The number of hydrogen-bond donors (Lipinski definition) is 0. The van der Waals surface area contributed by atoms with Crippen LogP contribution in [0.5, 0.6) is 11.5 Å². The second kappa shape index (κ2) is 11.8. The van der Waals surface area contributed by atoms with E-state index >= 15 is 0 Å². The summed E-state index contributed by atoms with van der Waals surface area (Å²) in [5.74, 6) is 21.2. The monoisotopic (exact) mass is 470 g/mol. The standard InChI is InChI=1S/C36H22O/c1-5-13-29(14-6-1)21-24-32-25-28-36(37-33-19-11-4-12-20-33)35(27-23-31-17-9-3-10-18-31)34(32)26-22-30-15-7-2-8-16-30/h1-20,25,28H. The molecule has 0 aliphatic rings. The molecule has 1 nitrogen and oxygen atoms in total. The first-order valence-corrected chi connectivity index (χ1v) is 12.0. The molecule has 0 atom stereocenters. The summed E-state index contributed by atoms with van der Waals surface area (Å²) in [5.41, 5.74) is 5.01. The maximum Gasteiger partial charge on any atom is 0.144 e. The summed E-state index contributed by atoms with van der Waals surface area (Å²) in [6, 6.07) is 43.3. The number of benzene rings is 5. The summed E-state index contributed by atoms with van der Waals surface area (Å²) in [6.07, 6.45) is 0. The van der Waals surface area contributed by atoms with Crippen LogP contribution in [0.1, 0.15) is 33.4 Å². The number of para-hydroxylation sites is 1. The number of rotatable bonds is 2. The van der Waals surface area contributed by atoms with Gasteiger partial charge in [-0.05, 0) is 60.7 Å². The third-order valence-corrected chi connectivity index (χ3v) is 5.46. The summed E-state index contributed by atoms with van der Waals surface area (Å²) in [7, 11) is 0. The van der Waals surface area contributed by atoms with Crippen molar-refractivity contribution in [1.82, 2.24) is 0 Å². The number of hydrogen-bond acceptors (Lipinski definition) is 1. The topological polar surface area (TPSA) is 9.23 Å². The molecule has 172 valence electrons. The van der Waals surface area contributed by atoms with Gasteiger partial charge < -0.3 is 4.74 Å². The highest BCUT2D eigenvalue weighted by atomic mass is 16.5. The first-order chi connectivity index (χ1) is 18.3. The molecular formula is C36H22O. The van der Waals surface area contributed by atoms with Gasteiger partial charge in [-0.1, -0.05) is 108 Å². The van der Waals surface area contributed by atoms with Crippen LogP contribution in [0.3, 0.4) is 0 Å². The van der Waals surface area contributed by atoms with E-state index in [-0.39, 0.29) is 0 Å². The summed E-state index contributed by atoms with van der Waals surface area (Å²) in [6.45, 7) is 0.